The SMILES string of the molecule is Cc1cccc2sc(N(Cc3ccccc3)C(=O)c3ccc(CCNS(C)(=O)=O)s3)nc12. The zero-order valence-corrected chi connectivity index (χ0v) is 20.2. The number of aryl methyl sites for hydroxylation is 1. The number of hydrogen-bond acceptors (Lipinski definition) is 6. The van der Waals surface area contributed by atoms with Crippen LogP contribution in [0.15, 0.2) is 60.7 Å². The summed E-state index contributed by atoms with van der Waals surface area (Å²) in [6, 6.07) is 19.6. The van der Waals surface area contributed by atoms with E-state index in [2.05, 4.69) is 4.72 Å². The molecule has 1 N–H and O–H groups in total. The number of sulfonamides is 1. The van der Waals surface area contributed by atoms with E-state index in [1.807, 2.05) is 61.5 Å². The summed E-state index contributed by atoms with van der Waals surface area (Å²) in [6.07, 6.45) is 1.67. The van der Waals surface area contributed by atoms with Gasteiger partial charge < -0.3 is 0 Å². The molecular formula is C23H23N3O3S3. The molecule has 2 heterocycles. The van der Waals surface area contributed by atoms with Gasteiger partial charge in [-0.15, -0.1) is 11.3 Å². The van der Waals surface area contributed by atoms with E-state index in [1.165, 1.54) is 22.7 Å². The summed E-state index contributed by atoms with van der Waals surface area (Å²) in [4.78, 5) is 21.6. The largest absolute Gasteiger partial charge is 0.279 e. The number of carbonyl (C=O) groups excluding carboxylic acids is 1. The molecule has 0 fully saturated rings. The van der Waals surface area contributed by atoms with E-state index < -0.39 is 10.0 Å². The van der Waals surface area contributed by atoms with Crippen molar-refractivity contribution in [3.63, 3.8) is 0 Å². The molecule has 6 nitrogen and oxygen atoms in total. The summed E-state index contributed by atoms with van der Waals surface area (Å²) >= 11 is 2.89. The molecule has 0 aliphatic heterocycles. The van der Waals surface area contributed by atoms with E-state index in [1.54, 1.807) is 11.0 Å². The Kier molecular flexibility index (Phi) is 6.71. The Hall–Kier alpha value is -2.59. The van der Waals surface area contributed by atoms with Crippen molar-refractivity contribution in [2.75, 3.05) is 17.7 Å². The molecule has 32 heavy (non-hydrogen) atoms. The molecule has 166 valence electrons. The van der Waals surface area contributed by atoms with Crippen molar-refractivity contribution in [3.05, 3.63) is 81.5 Å². The second kappa shape index (κ2) is 9.50. The normalized spacial score (nSPS) is 11.7. The smallest absolute Gasteiger partial charge is 0.270 e. The van der Waals surface area contributed by atoms with E-state index in [9.17, 15) is 13.2 Å². The van der Waals surface area contributed by atoms with E-state index in [0.29, 0.717) is 29.5 Å². The predicted molar refractivity (Wildman–Crippen MR) is 132 cm³/mol. The number of nitrogens with one attached hydrogen (secondary N) is 1. The molecule has 0 saturated heterocycles. The lowest BCUT2D eigenvalue weighted by Crippen LogP contribution is -2.29. The van der Waals surface area contributed by atoms with E-state index >= 15 is 0 Å². The van der Waals surface area contributed by atoms with Crippen LogP contribution in [0.3, 0.4) is 0 Å². The number of thiazole rings is 1. The van der Waals surface area contributed by atoms with Crippen LogP contribution in [0.2, 0.25) is 0 Å². The van der Waals surface area contributed by atoms with Crippen molar-refractivity contribution in [2.45, 2.75) is 19.9 Å². The lowest BCUT2D eigenvalue weighted by atomic mass is 10.2. The molecule has 0 atom stereocenters. The van der Waals surface area contributed by atoms with Crippen LogP contribution in [0.1, 0.15) is 25.7 Å². The summed E-state index contributed by atoms with van der Waals surface area (Å²) in [5.74, 6) is -0.113. The number of para-hydroxylation sites is 1. The lowest BCUT2D eigenvalue weighted by Gasteiger charge is -2.19. The minimum Gasteiger partial charge on any atom is -0.279 e. The monoisotopic (exact) mass is 485 g/mol. The molecule has 4 rings (SSSR count). The van der Waals surface area contributed by atoms with Gasteiger partial charge in [-0.3, -0.25) is 9.69 Å². The van der Waals surface area contributed by atoms with Gasteiger partial charge in [0.25, 0.3) is 5.91 Å². The first-order chi connectivity index (χ1) is 15.3. The summed E-state index contributed by atoms with van der Waals surface area (Å²) in [5, 5.41) is 0.664. The first kappa shape index (κ1) is 22.6. The Morgan fingerprint density at radius 3 is 2.53 bits per heavy atom. The standard InChI is InChI=1S/C23H23N3O3S3/c1-16-7-6-10-19-21(16)25-23(31-19)26(15-17-8-4-3-5-9-17)22(27)20-12-11-18(30-20)13-14-24-32(2,28)29/h3-12,24H,13-15H2,1-2H3. The molecular weight excluding hydrogens is 462 g/mol. The van der Waals surface area contributed by atoms with Gasteiger partial charge in [-0.05, 0) is 42.7 Å². The Bertz CT molecular complexity index is 1340. The van der Waals surface area contributed by atoms with Gasteiger partial charge in [0.05, 0.1) is 27.9 Å². The zero-order valence-electron chi connectivity index (χ0n) is 17.7. The maximum absolute atomic E-state index is 13.5. The number of anilines is 1. The fraction of sp³-hybridized carbons (Fsp3) is 0.217. The molecule has 0 saturated carbocycles. The van der Waals surface area contributed by atoms with Crippen molar-refractivity contribution in [2.24, 2.45) is 0 Å². The molecule has 4 aromatic rings. The molecule has 0 aliphatic rings. The Labute approximate surface area is 195 Å². The number of carbonyl (C=O) groups is 1. The van der Waals surface area contributed by atoms with Crippen molar-refractivity contribution in [3.8, 4) is 0 Å². The number of aromatic nitrogens is 1. The molecule has 1 amide bonds. The molecule has 0 aliphatic carbocycles. The third-order valence-corrected chi connectivity index (χ3v) is 7.78. The highest BCUT2D eigenvalue weighted by Crippen LogP contribution is 2.33. The Morgan fingerprint density at radius 2 is 1.81 bits per heavy atom. The average molecular weight is 486 g/mol. The van der Waals surface area contributed by atoms with Gasteiger partial charge in [-0.1, -0.05) is 53.8 Å². The summed E-state index contributed by atoms with van der Waals surface area (Å²) in [5.41, 5.74) is 3.01. The second-order valence-electron chi connectivity index (χ2n) is 7.48. The van der Waals surface area contributed by atoms with Crippen LogP contribution in [0.25, 0.3) is 10.2 Å². The average Bonchev–Trinajstić information content (AvgIpc) is 3.39. The maximum atomic E-state index is 13.5. The van der Waals surface area contributed by atoms with Gasteiger partial charge >= 0.3 is 0 Å². The summed E-state index contributed by atoms with van der Waals surface area (Å²) < 4.78 is 26.1. The van der Waals surface area contributed by atoms with E-state index in [4.69, 9.17) is 4.98 Å². The van der Waals surface area contributed by atoms with E-state index in [-0.39, 0.29) is 5.91 Å². The van der Waals surface area contributed by atoms with Crippen LogP contribution in [0, 0.1) is 6.92 Å². The van der Waals surface area contributed by atoms with Crippen LogP contribution in [-0.2, 0) is 23.0 Å². The van der Waals surface area contributed by atoms with Crippen LogP contribution in [0.4, 0.5) is 5.13 Å². The van der Waals surface area contributed by atoms with Crippen molar-refractivity contribution in [1.29, 1.82) is 0 Å². The molecule has 0 spiro atoms. The number of benzene rings is 2. The Morgan fingerprint density at radius 1 is 1.03 bits per heavy atom. The predicted octanol–water partition coefficient (Wildman–Crippen LogP) is 4.60. The number of rotatable bonds is 8. The second-order valence-corrected chi connectivity index (χ2v) is 11.5. The zero-order chi connectivity index (χ0) is 22.7. The van der Waals surface area contributed by atoms with Gasteiger partial charge in [-0.25, -0.2) is 18.1 Å². The van der Waals surface area contributed by atoms with Gasteiger partial charge in [0.15, 0.2) is 5.13 Å². The lowest BCUT2D eigenvalue weighted by molar-refractivity contribution is 0.0989. The highest BCUT2D eigenvalue weighted by atomic mass is 32.2. The van der Waals surface area contributed by atoms with Crippen LogP contribution in [0.5, 0.6) is 0 Å². The van der Waals surface area contributed by atoms with Crippen molar-refractivity contribution >= 4 is 54.0 Å². The fourth-order valence-electron chi connectivity index (χ4n) is 3.30. The van der Waals surface area contributed by atoms with Crippen molar-refractivity contribution in [1.82, 2.24) is 9.71 Å². The molecule has 9 heteroatoms. The van der Waals surface area contributed by atoms with Crippen LogP contribution < -0.4 is 9.62 Å². The first-order valence-corrected chi connectivity index (χ1v) is 13.6. The number of nitrogens with zero attached hydrogens (tertiary/aromatic N) is 2. The highest BCUT2D eigenvalue weighted by molar-refractivity contribution is 7.88. The molecule has 0 bridgehead atoms. The van der Waals surface area contributed by atoms with E-state index in [0.717, 1.165) is 32.5 Å². The summed E-state index contributed by atoms with van der Waals surface area (Å²) in [7, 11) is -3.23. The maximum Gasteiger partial charge on any atom is 0.270 e. The van der Waals surface area contributed by atoms with Crippen LogP contribution >= 0.6 is 22.7 Å². The molecule has 0 unspecified atom stereocenters. The number of hydrogen-bond donors (Lipinski definition) is 1. The quantitative estimate of drug-likeness (QED) is 0.395. The topological polar surface area (TPSA) is 79.4 Å². The molecule has 2 aromatic heterocycles. The van der Waals surface area contributed by atoms with Gasteiger partial charge in [0, 0.05) is 11.4 Å². The van der Waals surface area contributed by atoms with Gasteiger partial charge in [0.2, 0.25) is 10.0 Å². The number of amides is 1. The fourth-order valence-corrected chi connectivity index (χ4v) is 5.77. The third-order valence-electron chi connectivity index (χ3n) is 4.88. The highest BCUT2D eigenvalue weighted by Gasteiger charge is 2.23. The minimum absolute atomic E-state index is 0.113. The third kappa shape index (κ3) is 5.42. The summed E-state index contributed by atoms with van der Waals surface area (Å²) in [6.45, 7) is 2.74. The Balaban J connectivity index is 1.62. The first-order valence-electron chi connectivity index (χ1n) is 10.1. The molecule has 2 aromatic carbocycles. The molecule has 0 radical (unpaired) electrons. The van der Waals surface area contributed by atoms with Crippen molar-refractivity contribution < 1.29 is 13.2 Å². The minimum atomic E-state index is -3.23. The van der Waals surface area contributed by atoms with Gasteiger partial charge in [0.1, 0.15) is 0 Å². The number of thiophene rings is 1. The van der Waals surface area contributed by atoms with Gasteiger partial charge in [-0.2, -0.15) is 0 Å². The van der Waals surface area contributed by atoms with Crippen LogP contribution in [-0.4, -0.2) is 32.1 Å². The number of fused-ring (bicyclic) bond motifs is 1.